The van der Waals surface area contributed by atoms with E-state index in [0.717, 1.165) is 30.7 Å². The van der Waals surface area contributed by atoms with Crippen molar-refractivity contribution >= 4 is 17.7 Å². The number of rotatable bonds is 2. The van der Waals surface area contributed by atoms with Crippen LogP contribution in [0.1, 0.15) is 30.5 Å². The molecule has 0 aliphatic carbocycles. The van der Waals surface area contributed by atoms with Crippen LogP contribution in [-0.4, -0.2) is 39.6 Å². The molecule has 1 aromatic rings. The summed E-state index contributed by atoms with van der Waals surface area (Å²) in [5.41, 5.74) is 2.19. The Labute approximate surface area is 118 Å². The fourth-order valence-electron chi connectivity index (χ4n) is 3.37. The monoisotopic (exact) mass is 277 g/mol. The second-order valence-corrected chi connectivity index (χ2v) is 6.84. The minimum Gasteiger partial charge on any atom is -0.480 e. The Kier molecular flexibility index (Phi) is 3.54. The minimum absolute atomic E-state index is 0.402. The first-order valence-electron chi connectivity index (χ1n) is 6.86. The van der Waals surface area contributed by atoms with E-state index in [1.165, 1.54) is 5.56 Å². The minimum atomic E-state index is -0.712. The highest BCUT2D eigenvalue weighted by atomic mass is 32.2. The van der Waals surface area contributed by atoms with E-state index >= 15 is 0 Å². The van der Waals surface area contributed by atoms with Crippen molar-refractivity contribution in [2.45, 2.75) is 37.1 Å². The molecule has 19 heavy (non-hydrogen) atoms. The molecular weight excluding hydrogens is 258 g/mol. The van der Waals surface area contributed by atoms with E-state index in [1.54, 1.807) is 0 Å². The van der Waals surface area contributed by atoms with E-state index in [4.69, 9.17) is 0 Å². The van der Waals surface area contributed by atoms with Crippen LogP contribution in [0, 0.1) is 0 Å². The number of aliphatic carboxylic acids is 1. The van der Waals surface area contributed by atoms with Crippen LogP contribution in [0.3, 0.4) is 0 Å². The van der Waals surface area contributed by atoms with Crippen molar-refractivity contribution in [3.8, 4) is 0 Å². The number of nitrogens with zero attached hydrogens (tertiary/aromatic N) is 1. The first-order valence-corrected chi connectivity index (χ1v) is 7.91. The van der Waals surface area contributed by atoms with Gasteiger partial charge in [-0.1, -0.05) is 31.2 Å². The molecule has 0 aromatic heterocycles. The maximum atomic E-state index is 11.7. The molecule has 2 aliphatic heterocycles. The van der Waals surface area contributed by atoms with E-state index in [2.05, 4.69) is 17.9 Å². The molecule has 1 fully saturated rings. The molecule has 102 valence electrons. The molecule has 3 rings (SSSR count). The third-order valence-electron chi connectivity index (χ3n) is 4.32. The average Bonchev–Trinajstić information content (AvgIpc) is 2.83. The zero-order valence-electron chi connectivity index (χ0n) is 11.1. The molecule has 4 heteroatoms. The van der Waals surface area contributed by atoms with Crippen LogP contribution in [0.4, 0.5) is 0 Å². The molecule has 3 atom stereocenters. The topological polar surface area (TPSA) is 40.5 Å². The van der Waals surface area contributed by atoms with Crippen LogP contribution in [0.2, 0.25) is 0 Å². The fourth-order valence-corrected chi connectivity index (χ4v) is 4.64. The van der Waals surface area contributed by atoms with Crippen molar-refractivity contribution in [2.75, 3.05) is 12.3 Å². The van der Waals surface area contributed by atoms with Crippen molar-refractivity contribution in [1.82, 2.24) is 4.90 Å². The van der Waals surface area contributed by atoms with Crippen molar-refractivity contribution in [3.63, 3.8) is 0 Å². The molecule has 2 aliphatic rings. The van der Waals surface area contributed by atoms with Crippen molar-refractivity contribution in [3.05, 3.63) is 35.4 Å². The van der Waals surface area contributed by atoms with Crippen LogP contribution in [0.5, 0.6) is 0 Å². The largest absolute Gasteiger partial charge is 0.480 e. The van der Waals surface area contributed by atoms with Gasteiger partial charge in [-0.2, -0.15) is 11.8 Å². The molecule has 0 radical (unpaired) electrons. The molecule has 0 spiro atoms. The van der Waals surface area contributed by atoms with Gasteiger partial charge in [-0.15, -0.1) is 0 Å². The maximum Gasteiger partial charge on any atom is 0.325 e. The number of carboxylic acid groups (broad SMARTS) is 1. The number of fused-ring (bicyclic) bond motifs is 1. The normalized spacial score (nSPS) is 31.1. The van der Waals surface area contributed by atoms with Gasteiger partial charge in [0, 0.05) is 17.8 Å². The Morgan fingerprint density at radius 3 is 2.89 bits per heavy atom. The highest BCUT2D eigenvalue weighted by Gasteiger charge is 2.40. The van der Waals surface area contributed by atoms with Gasteiger partial charge in [-0.05, 0) is 29.7 Å². The summed E-state index contributed by atoms with van der Waals surface area (Å²) in [6, 6.07) is 7.94. The Morgan fingerprint density at radius 1 is 1.42 bits per heavy atom. The Morgan fingerprint density at radius 2 is 2.21 bits per heavy atom. The molecule has 1 N–H and O–H groups in total. The number of hydrogen-bond acceptors (Lipinski definition) is 3. The standard InChI is InChI=1S/C15H19NO2S/c1-10-13(7-9-19-10)16-8-6-11-4-2-3-5-12(11)14(16)15(17)18/h2-5,10,13-14H,6-9H2,1H3,(H,17,18). The van der Waals surface area contributed by atoms with Crippen LogP contribution in [0.15, 0.2) is 24.3 Å². The summed E-state index contributed by atoms with van der Waals surface area (Å²) >= 11 is 1.96. The molecule has 3 nitrogen and oxygen atoms in total. The molecule has 3 unspecified atom stereocenters. The highest BCUT2D eigenvalue weighted by Crippen LogP contribution is 2.38. The van der Waals surface area contributed by atoms with Gasteiger partial charge in [-0.3, -0.25) is 9.69 Å². The Bertz CT molecular complexity index is 491. The summed E-state index contributed by atoms with van der Waals surface area (Å²) in [5, 5.41) is 10.2. The van der Waals surface area contributed by atoms with E-state index in [0.29, 0.717) is 11.3 Å². The molecule has 0 bridgehead atoms. The lowest BCUT2D eigenvalue weighted by atomic mass is 9.90. The van der Waals surface area contributed by atoms with Gasteiger partial charge in [-0.25, -0.2) is 0 Å². The van der Waals surface area contributed by atoms with E-state index in [9.17, 15) is 9.90 Å². The zero-order chi connectivity index (χ0) is 13.4. The molecule has 1 aromatic carbocycles. The molecule has 1 saturated heterocycles. The lowest BCUT2D eigenvalue weighted by Crippen LogP contribution is -2.47. The number of benzene rings is 1. The van der Waals surface area contributed by atoms with Crippen molar-refractivity contribution in [2.24, 2.45) is 0 Å². The summed E-state index contributed by atoms with van der Waals surface area (Å²) in [6.07, 6.45) is 2.08. The molecule has 0 amide bonds. The summed E-state index contributed by atoms with van der Waals surface area (Å²) in [4.78, 5) is 14.0. The van der Waals surface area contributed by atoms with E-state index in [1.807, 2.05) is 30.0 Å². The fraction of sp³-hybridized carbons (Fsp3) is 0.533. The third kappa shape index (κ3) is 2.28. The Balaban J connectivity index is 1.96. The van der Waals surface area contributed by atoms with Crippen LogP contribution < -0.4 is 0 Å². The van der Waals surface area contributed by atoms with E-state index < -0.39 is 12.0 Å². The maximum absolute atomic E-state index is 11.7. The van der Waals surface area contributed by atoms with Crippen LogP contribution in [-0.2, 0) is 11.2 Å². The lowest BCUT2D eigenvalue weighted by Gasteiger charge is -2.40. The van der Waals surface area contributed by atoms with Gasteiger partial charge in [0.05, 0.1) is 0 Å². The zero-order valence-corrected chi connectivity index (χ0v) is 11.9. The van der Waals surface area contributed by atoms with Gasteiger partial charge < -0.3 is 5.11 Å². The second-order valence-electron chi connectivity index (χ2n) is 5.36. The summed E-state index contributed by atoms with van der Waals surface area (Å²) in [7, 11) is 0. The van der Waals surface area contributed by atoms with Crippen molar-refractivity contribution in [1.29, 1.82) is 0 Å². The lowest BCUT2D eigenvalue weighted by molar-refractivity contribution is -0.145. The number of carbonyl (C=O) groups is 1. The third-order valence-corrected chi connectivity index (χ3v) is 5.63. The van der Waals surface area contributed by atoms with Gasteiger partial charge in [0.2, 0.25) is 0 Å². The van der Waals surface area contributed by atoms with Crippen LogP contribution >= 0.6 is 11.8 Å². The van der Waals surface area contributed by atoms with Gasteiger partial charge in [0.1, 0.15) is 6.04 Å². The van der Waals surface area contributed by atoms with Gasteiger partial charge >= 0.3 is 5.97 Å². The summed E-state index contributed by atoms with van der Waals surface area (Å²) in [6.45, 7) is 3.09. The van der Waals surface area contributed by atoms with Gasteiger partial charge in [0.25, 0.3) is 0 Å². The molecular formula is C15H19NO2S. The number of carboxylic acids is 1. The molecule has 2 heterocycles. The summed E-state index contributed by atoms with van der Waals surface area (Å²) < 4.78 is 0. The van der Waals surface area contributed by atoms with Gasteiger partial charge in [0.15, 0.2) is 0 Å². The number of thioether (sulfide) groups is 1. The second kappa shape index (κ2) is 5.17. The predicted molar refractivity (Wildman–Crippen MR) is 77.6 cm³/mol. The quantitative estimate of drug-likeness (QED) is 0.902. The summed E-state index contributed by atoms with van der Waals surface area (Å²) in [5.74, 6) is 0.437. The van der Waals surface area contributed by atoms with E-state index in [-0.39, 0.29) is 0 Å². The predicted octanol–water partition coefficient (Wildman–Crippen LogP) is 2.56. The SMILES string of the molecule is CC1SCCC1N1CCc2ccccc2C1C(=O)O. The smallest absolute Gasteiger partial charge is 0.325 e. The average molecular weight is 277 g/mol. The first-order chi connectivity index (χ1) is 9.18. The highest BCUT2D eigenvalue weighted by molar-refractivity contribution is 8.00. The van der Waals surface area contributed by atoms with Crippen molar-refractivity contribution < 1.29 is 9.90 Å². The Hall–Kier alpha value is -1.00. The molecule has 0 saturated carbocycles. The first kappa shape index (κ1) is 13.0. The van der Waals surface area contributed by atoms with Crippen LogP contribution in [0.25, 0.3) is 0 Å². The number of hydrogen-bond donors (Lipinski definition) is 1.